The van der Waals surface area contributed by atoms with E-state index in [9.17, 15) is 9.59 Å². The van der Waals surface area contributed by atoms with Crippen LogP contribution in [0.25, 0.3) is 0 Å². The van der Waals surface area contributed by atoms with Crippen LogP contribution in [0.1, 0.15) is 21.5 Å². The Morgan fingerprint density at radius 2 is 1.63 bits per heavy atom. The number of piperazine rings is 1. The second-order valence-electron chi connectivity index (χ2n) is 8.53. The molecule has 6 nitrogen and oxygen atoms in total. The number of nitrogens with zero attached hydrogens (tertiary/aromatic N) is 2. The third-order valence-electron chi connectivity index (χ3n) is 5.94. The van der Waals surface area contributed by atoms with Gasteiger partial charge in [-0.3, -0.25) is 9.59 Å². The van der Waals surface area contributed by atoms with Crippen LogP contribution in [0.3, 0.4) is 0 Å². The normalized spacial score (nSPS) is 13.5. The van der Waals surface area contributed by atoms with Crippen molar-refractivity contribution in [1.29, 1.82) is 0 Å². The molecule has 3 aromatic carbocycles. The molecule has 0 bridgehead atoms. The summed E-state index contributed by atoms with van der Waals surface area (Å²) >= 11 is 12.6. The summed E-state index contributed by atoms with van der Waals surface area (Å²) in [6.45, 7) is 6.05. The van der Waals surface area contributed by atoms with E-state index in [0.717, 1.165) is 16.8 Å². The van der Waals surface area contributed by atoms with Crippen LogP contribution in [-0.4, -0.2) is 49.5 Å². The number of amides is 2. The van der Waals surface area contributed by atoms with Gasteiger partial charge in [-0.2, -0.15) is 0 Å². The molecule has 0 unspecified atom stereocenters. The van der Waals surface area contributed by atoms with Gasteiger partial charge in [0.1, 0.15) is 5.75 Å². The SMILES string of the molecule is Cc1ccc(C(=O)N2CCN(c3c(Cl)cccc3NC(=O)COc3ccc(Cl)c(C)c3)CC2)cc1. The van der Waals surface area contributed by atoms with Crippen molar-refractivity contribution in [2.24, 2.45) is 0 Å². The molecule has 1 heterocycles. The fourth-order valence-corrected chi connectivity index (χ4v) is 4.40. The highest BCUT2D eigenvalue weighted by molar-refractivity contribution is 6.34. The quantitative estimate of drug-likeness (QED) is 0.468. The van der Waals surface area contributed by atoms with Crippen LogP contribution in [-0.2, 0) is 4.79 Å². The summed E-state index contributed by atoms with van der Waals surface area (Å²) < 4.78 is 5.62. The molecule has 3 aromatic rings. The maximum absolute atomic E-state index is 12.9. The molecular formula is C27H27Cl2N3O3. The van der Waals surface area contributed by atoms with E-state index in [1.54, 1.807) is 30.3 Å². The molecule has 0 aromatic heterocycles. The zero-order chi connectivity index (χ0) is 24.9. The van der Waals surface area contributed by atoms with Crippen molar-refractivity contribution < 1.29 is 14.3 Å². The molecule has 1 N–H and O–H groups in total. The number of aryl methyl sites for hydroxylation is 2. The molecule has 0 radical (unpaired) electrons. The first-order valence-electron chi connectivity index (χ1n) is 11.4. The number of halogens is 2. The highest BCUT2D eigenvalue weighted by atomic mass is 35.5. The number of benzene rings is 3. The number of anilines is 2. The lowest BCUT2D eigenvalue weighted by molar-refractivity contribution is -0.118. The van der Waals surface area contributed by atoms with Crippen molar-refractivity contribution in [3.8, 4) is 5.75 Å². The number of hydrogen-bond acceptors (Lipinski definition) is 4. The summed E-state index contributed by atoms with van der Waals surface area (Å²) in [7, 11) is 0. The Hall–Kier alpha value is -3.22. The number of carbonyl (C=O) groups is 2. The summed E-state index contributed by atoms with van der Waals surface area (Å²) in [6.07, 6.45) is 0. The summed E-state index contributed by atoms with van der Waals surface area (Å²) in [5, 5.41) is 4.10. The molecule has 1 saturated heterocycles. The van der Waals surface area contributed by atoms with Gasteiger partial charge in [0, 0.05) is 36.8 Å². The van der Waals surface area contributed by atoms with E-state index < -0.39 is 0 Å². The molecule has 0 atom stereocenters. The lowest BCUT2D eigenvalue weighted by Crippen LogP contribution is -2.49. The first-order chi connectivity index (χ1) is 16.8. The molecular weight excluding hydrogens is 485 g/mol. The van der Waals surface area contributed by atoms with E-state index in [1.807, 2.05) is 49.1 Å². The minimum Gasteiger partial charge on any atom is -0.484 e. The molecule has 2 amide bonds. The fourth-order valence-electron chi connectivity index (χ4n) is 3.99. The zero-order valence-electron chi connectivity index (χ0n) is 19.7. The van der Waals surface area contributed by atoms with Gasteiger partial charge < -0.3 is 19.9 Å². The number of carbonyl (C=O) groups excluding carboxylic acids is 2. The molecule has 1 aliphatic rings. The van der Waals surface area contributed by atoms with Gasteiger partial charge in [0.2, 0.25) is 0 Å². The van der Waals surface area contributed by atoms with E-state index >= 15 is 0 Å². The van der Waals surface area contributed by atoms with Gasteiger partial charge in [0.25, 0.3) is 11.8 Å². The lowest BCUT2D eigenvalue weighted by Gasteiger charge is -2.37. The average Bonchev–Trinajstić information content (AvgIpc) is 2.85. The van der Waals surface area contributed by atoms with Gasteiger partial charge in [0.15, 0.2) is 6.61 Å². The first-order valence-corrected chi connectivity index (χ1v) is 12.2. The first kappa shape index (κ1) is 24.9. The minimum absolute atomic E-state index is 0.0203. The Kier molecular flexibility index (Phi) is 7.83. The number of para-hydroxylation sites is 1. The van der Waals surface area contributed by atoms with Crippen LogP contribution in [0.2, 0.25) is 10.0 Å². The molecule has 0 spiro atoms. The van der Waals surface area contributed by atoms with Gasteiger partial charge in [-0.1, -0.05) is 47.0 Å². The van der Waals surface area contributed by atoms with Crippen molar-refractivity contribution in [3.05, 3.63) is 87.4 Å². The molecule has 1 fully saturated rings. The molecule has 1 aliphatic heterocycles. The maximum Gasteiger partial charge on any atom is 0.262 e. The molecule has 182 valence electrons. The molecule has 8 heteroatoms. The van der Waals surface area contributed by atoms with E-state index in [0.29, 0.717) is 53.2 Å². The number of nitrogens with one attached hydrogen (secondary N) is 1. The number of hydrogen-bond donors (Lipinski definition) is 1. The van der Waals surface area contributed by atoms with Gasteiger partial charge in [-0.15, -0.1) is 0 Å². The third kappa shape index (κ3) is 6.08. The molecule has 0 saturated carbocycles. The summed E-state index contributed by atoms with van der Waals surface area (Å²) in [6, 6.07) is 18.3. The Morgan fingerprint density at radius 3 is 2.31 bits per heavy atom. The smallest absolute Gasteiger partial charge is 0.262 e. The predicted molar refractivity (Wildman–Crippen MR) is 141 cm³/mol. The topological polar surface area (TPSA) is 61.9 Å². The average molecular weight is 512 g/mol. The monoisotopic (exact) mass is 511 g/mol. The Labute approximate surface area is 215 Å². The third-order valence-corrected chi connectivity index (χ3v) is 6.67. The van der Waals surface area contributed by atoms with Crippen molar-refractivity contribution in [2.45, 2.75) is 13.8 Å². The number of ether oxygens (including phenoxy) is 1. The highest BCUT2D eigenvalue weighted by Gasteiger charge is 2.25. The molecule has 35 heavy (non-hydrogen) atoms. The van der Waals surface area contributed by atoms with Crippen molar-refractivity contribution >= 4 is 46.4 Å². The summed E-state index contributed by atoms with van der Waals surface area (Å²) in [4.78, 5) is 29.4. The zero-order valence-corrected chi connectivity index (χ0v) is 21.2. The van der Waals surface area contributed by atoms with Gasteiger partial charge in [-0.25, -0.2) is 0 Å². The Bertz CT molecular complexity index is 1220. The van der Waals surface area contributed by atoms with Gasteiger partial charge >= 0.3 is 0 Å². The van der Waals surface area contributed by atoms with E-state index in [2.05, 4.69) is 10.2 Å². The van der Waals surface area contributed by atoms with Crippen LogP contribution >= 0.6 is 23.2 Å². The van der Waals surface area contributed by atoms with Crippen molar-refractivity contribution in [1.82, 2.24) is 4.90 Å². The fraction of sp³-hybridized carbons (Fsp3) is 0.259. The van der Waals surface area contributed by atoms with Crippen LogP contribution in [0.15, 0.2) is 60.7 Å². The van der Waals surface area contributed by atoms with E-state index in [-0.39, 0.29) is 18.4 Å². The lowest BCUT2D eigenvalue weighted by atomic mass is 10.1. The van der Waals surface area contributed by atoms with Crippen LogP contribution in [0, 0.1) is 13.8 Å². The largest absolute Gasteiger partial charge is 0.484 e. The Morgan fingerprint density at radius 1 is 0.914 bits per heavy atom. The maximum atomic E-state index is 12.9. The Balaban J connectivity index is 1.39. The van der Waals surface area contributed by atoms with E-state index in [1.165, 1.54) is 0 Å². The minimum atomic E-state index is -0.297. The van der Waals surface area contributed by atoms with Crippen molar-refractivity contribution in [3.63, 3.8) is 0 Å². The van der Waals surface area contributed by atoms with Crippen molar-refractivity contribution in [2.75, 3.05) is 43.0 Å². The van der Waals surface area contributed by atoms with Crippen LogP contribution < -0.4 is 15.0 Å². The summed E-state index contributed by atoms with van der Waals surface area (Å²) in [5.74, 6) is 0.295. The highest BCUT2D eigenvalue weighted by Crippen LogP contribution is 2.35. The summed E-state index contributed by atoms with van der Waals surface area (Å²) in [5.41, 5.74) is 4.03. The second-order valence-corrected chi connectivity index (χ2v) is 9.34. The standard InChI is InChI=1S/C27H27Cl2N3O3/c1-18-6-8-20(9-7-18)27(34)32-14-12-31(13-15-32)26-23(29)4-3-5-24(26)30-25(33)17-35-21-10-11-22(28)19(2)16-21/h3-11,16H,12-15,17H2,1-2H3,(H,30,33). The molecule has 4 rings (SSSR count). The second kappa shape index (κ2) is 11.0. The van der Waals surface area contributed by atoms with Crippen LogP contribution in [0.5, 0.6) is 5.75 Å². The van der Waals surface area contributed by atoms with E-state index in [4.69, 9.17) is 27.9 Å². The number of rotatable bonds is 6. The van der Waals surface area contributed by atoms with Gasteiger partial charge in [0.05, 0.1) is 16.4 Å². The van der Waals surface area contributed by atoms with Crippen LogP contribution in [0.4, 0.5) is 11.4 Å². The predicted octanol–water partition coefficient (Wildman–Crippen LogP) is 5.59. The molecule has 0 aliphatic carbocycles. The van der Waals surface area contributed by atoms with Gasteiger partial charge in [-0.05, 0) is 61.9 Å².